The van der Waals surface area contributed by atoms with Gasteiger partial charge in [-0.1, -0.05) is 68.4 Å². The highest BCUT2D eigenvalue weighted by Crippen LogP contribution is 2.03. The Morgan fingerprint density at radius 2 is 1.58 bits per heavy atom. The molecule has 4 heteroatoms. The van der Waals surface area contributed by atoms with E-state index in [4.69, 9.17) is 10.4 Å². The van der Waals surface area contributed by atoms with E-state index >= 15 is 0 Å². The van der Waals surface area contributed by atoms with Crippen molar-refractivity contribution in [2.24, 2.45) is 0 Å². The van der Waals surface area contributed by atoms with Crippen LogP contribution in [0, 0.1) is 0 Å². The van der Waals surface area contributed by atoms with Crippen molar-refractivity contribution < 1.29 is 20.0 Å². The average molecular weight is 336 g/mol. The molecule has 0 spiro atoms. The van der Waals surface area contributed by atoms with E-state index in [1.807, 2.05) is 24.3 Å². The van der Waals surface area contributed by atoms with Crippen molar-refractivity contribution >= 4 is 5.97 Å². The quantitative estimate of drug-likeness (QED) is 0.133. The summed E-state index contributed by atoms with van der Waals surface area (Å²) >= 11 is 0. The zero-order valence-corrected chi connectivity index (χ0v) is 14.8. The van der Waals surface area contributed by atoms with Crippen molar-refractivity contribution in [3.63, 3.8) is 0 Å². The van der Waals surface area contributed by atoms with Crippen molar-refractivity contribution in [3.05, 3.63) is 48.6 Å². The summed E-state index contributed by atoms with van der Waals surface area (Å²) in [5.41, 5.74) is 0. The lowest BCUT2D eigenvalue weighted by molar-refractivity contribution is -0.277. The van der Waals surface area contributed by atoms with Crippen LogP contribution in [0.25, 0.3) is 0 Å². The van der Waals surface area contributed by atoms with E-state index in [1.165, 1.54) is 25.7 Å². The van der Waals surface area contributed by atoms with Crippen LogP contribution in [0.2, 0.25) is 0 Å². The van der Waals surface area contributed by atoms with Gasteiger partial charge in [0.2, 0.25) is 0 Å². The van der Waals surface area contributed by atoms with Gasteiger partial charge in [0.25, 0.3) is 0 Å². The number of rotatable bonds is 15. The molecule has 0 fully saturated rings. The van der Waals surface area contributed by atoms with Crippen LogP contribution < -0.4 is 0 Å². The Hall–Kier alpha value is -1.65. The normalized spacial score (nSPS) is 13.8. The largest absolute Gasteiger partial charge is 0.479 e. The van der Waals surface area contributed by atoms with Crippen LogP contribution >= 0.6 is 0 Å². The molecule has 1 atom stereocenters. The smallest absolute Gasteiger partial charge is 0.336 e. The van der Waals surface area contributed by atoms with E-state index in [1.54, 1.807) is 0 Å². The molecule has 0 aromatic rings. The highest BCUT2D eigenvalue weighted by atomic mass is 17.1. The monoisotopic (exact) mass is 336 g/mol. The minimum atomic E-state index is -1.15. The molecule has 136 valence electrons. The summed E-state index contributed by atoms with van der Waals surface area (Å²) in [5, 5.41) is 17.1. The van der Waals surface area contributed by atoms with Gasteiger partial charge in [0.1, 0.15) is 0 Å². The molecule has 0 radical (unpaired) electrons. The number of unbranched alkanes of at least 4 members (excludes halogenated alkanes) is 4. The fraction of sp³-hybridized carbons (Fsp3) is 0.550. The van der Waals surface area contributed by atoms with Crippen molar-refractivity contribution in [2.75, 3.05) is 0 Å². The van der Waals surface area contributed by atoms with Gasteiger partial charge in [-0.05, 0) is 44.9 Å². The molecule has 0 saturated heterocycles. The number of aliphatic carboxylic acids is 1. The summed E-state index contributed by atoms with van der Waals surface area (Å²) < 4.78 is 0. The van der Waals surface area contributed by atoms with Crippen LogP contribution in [-0.4, -0.2) is 22.4 Å². The number of allylic oxidation sites excluding steroid dienone is 8. The number of carboxylic acid groups (broad SMARTS) is 1. The van der Waals surface area contributed by atoms with E-state index in [0.29, 0.717) is 6.42 Å². The third kappa shape index (κ3) is 15.3. The first-order valence-corrected chi connectivity index (χ1v) is 8.87. The van der Waals surface area contributed by atoms with E-state index < -0.39 is 12.1 Å². The maximum absolute atomic E-state index is 10.6. The van der Waals surface area contributed by atoms with Gasteiger partial charge in [-0.15, -0.1) is 0 Å². The summed E-state index contributed by atoms with van der Waals surface area (Å²) in [5.74, 6) is -1.15. The summed E-state index contributed by atoms with van der Waals surface area (Å²) in [6.45, 7) is 2.22. The number of hydrogen-bond acceptors (Lipinski definition) is 3. The van der Waals surface area contributed by atoms with E-state index in [9.17, 15) is 4.79 Å². The highest BCUT2D eigenvalue weighted by molar-refractivity contribution is 5.72. The Labute approximate surface area is 146 Å². The van der Waals surface area contributed by atoms with Crippen LogP contribution in [0.15, 0.2) is 48.6 Å². The minimum absolute atomic E-state index is 0.262. The predicted octanol–water partition coefficient (Wildman–Crippen LogP) is 5.68. The molecule has 0 saturated carbocycles. The van der Waals surface area contributed by atoms with E-state index in [2.05, 4.69) is 36.1 Å². The minimum Gasteiger partial charge on any atom is -0.479 e. The first kappa shape index (κ1) is 22.4. The second kappa shape index (κ2) is 17.7. The summed E-state index contributed by atoms with van der Waals surface area (Å²) in [7, 11) is 0. The lowest BCUT2D eigenvalue weighted by Crippen LogP contribution is -2.21. The van der Waals surface area contributed by atoms with Gasteiger partial charge in [-0.3, -0.25) is 5.26 Å². The van der Waals surface area contributed by atoms with Gasteiger partial charge in [0, 0.05) is 0 Å². The zero-order valence-electron chi connectivity index (χ0n) is 14.8. The molecular weight excluding hydrogens is 304 g/mol. The molecule has 0 aliphatic carbocycles. The average Bonchev–Trinajstić information content (AvgIpc) is 2.57. The van der Waals surface area contributed by atoms with Gasteiger partial charge >= 0.3 is 5.97 Å². The van der Waals surface area contributed by atoms with Crippen LogP contribution in [0.5, 0.6) is 0 Å². The maximum atomic E-state index is 10.6. The van der Waals surface area contributed by atoms with Crippen LogP contribution in [0.1, 0.15) is 64.7 Å². The zero-order chi connectivity index (χ0) is 17.9. The molecule has 0 amide bonds. The van der Waals surface area contributed by atoms with Gasteiger partial charge in [-0.2, -0.15) is 0 Å². The molecule has 0 bridgehead atoms. The molecular formula is C20H32O4. The molecule has 0 aliphatic rings. The lowest BCUT2D eigenvalue weighted by atomic mass is 10.2. The lowest BCUT2D eigenvalue weighted by Gasteiger charge is -2.05. The molecule has 4 nitrogen and oxygen atoms in total. The first-order chi connectivity index (χ1) is 11.7. The standard InChI is InChI=1S/C20H32O4/c1-2-3-4-5-6-7-8-9-10-11-12-13-14-15-16-17-18-19(24-23)20(21)22/h6-7,10-13,15-16,19,23H,2-5,8-9,14,17-18H2,1H3,(H,21,22)/b7-6+,11-10+,13-12+,16-15+/t19-/m0/s1. The second-order valence-corrected chi connectivity index (χ2v) is 5.62. The summed E-state index contributed by atoms with van der Waals surface area (Å²) in [6.07, 6.45) is 24.4. The summed E-state index contributed by atoms with van der Waals surface area (Å²) in [6, 6.07) is 0. The van der Waals surface area contributed by atoms with Crippen molar-refractivity contribution in [1.29, 1.82) is 0 Å². The fourth-order valence-corrected chi connectivity index (χ4v) is 2.03. The Kier molecular flexibility index (Phi) is 16.5. The van der Waals surface area contributed by atoms with Crippen molar-refractivity contribution in [1.82, 2.24) is 0 Å². The van der Waals surface area contributed by atoms with Gasteiger partial charge in [0.05, 0.1) is 0 Å². The molecule has 0 rings (SSSR count). The SMILES string of the molecule is CCCCC/C=C/CC/C=C/C=C/C/C=C/CC[C@H](OO)C(=O)O. The number of hydrogen-bond donors (Lipinski definition) is 2. The van der Waals surface area contributed by atoms with E-state index in [-0.39, 0.29) is 6.42 Å². The predicted molar refractivity (Wildman–Crippen MR) is 98.9 cm³/mol. The van der Waals surface area contributed by atoms with Gasteiger partial charge < -0.3 is 5.11 Å². The van der Waals surface area contributed by atoms with Gasteiger partial charge in [-0.25, -0.2) is 9.68 Å². The molecule has 24 heavy (non-hydrogen) atoms. The second-order valence-electron chi connectivity index (χ2n) is 5.62. The Balaban J connectivity index is 3.57. The summed E-state index contributed by atoms with van der Waals surface area (Å²) in [4.78, 5) is 14.5. The number of carboxylic acids is 1. The Bertz CT molecular complexity index is 408. The Morgan fingerprint density at radius 1 is 0.917 bits per heavy atom. The molecule has 0 heterocycles. The first-order valence-electron chi connectivity index (χ1n) is 8.87. The number of carbonyl (C=O) groups is 1. The fourth-order valence-electron chi connectivity index (χ4n) is 2.03. The third-order valence-electron chi connectivity index (χ3n) is 3.46. The molecule has 0 unspecified atom stereocenters. The van der Waals surface area contributed by atoms with Crippen molar-refractivity contribution in [2.45, 2.75) is 70.8 Å². The third-order valence-corrected chi connectivity index (χ3v) is 3.46. The van der Waals surface area contributed by atoms with Crippen LogP contribution in [0.4, 0.5) is 0 Å². The maximum Gasteiger partial charge on any atom is 0.336 e. The van der Waals surface area contributed by atoms with Crippen LogP contribution in [0.3, 0.4) is 0 Å². The van der Waals surface area contributed by atoms with Crippen molar-refractivity contribution in [3.8, 4) is 0 Å². The van der Waals surface area contributed by atoms with Crippen LogP contribution in [-0.2, 0) is 9.68 Å². The molecule has 0 aromatic heterocycles. The molecule has 2 N–H and O–H groups in total. The molecule has 0 aromatic carbocycles. The Morgan fingerprint density at radius 3 is 2.29 bits per heavy atom. The topological polar surface area (TPSA) is 66.8 Å². The van der Waals surface area contributed by atoms with E-state index in [0.717, 1.165) is 19.3 Å². The molecule has 0 aliphatic heterocycles. The van der Waals surface area contributed by atoms with Gasteiger partial charge in [0.15, 0.2) is 6.10 Å². The highest BCUT2D eigenvalue weighted by Gasteiger charge is 2.16.